The SMILES string of the molecule is O=c1/c(=C\c2ccc([N+](=O)[O-])cc2)sc2n1C(c1ccc(Cl)cc1)C1(O)CCCC(C(O)c3ccc(Cl)cc3)=C1N=2. The van der Waals surface area contributed by atoms with Crippen LogP contribution in [-0.4, -0.2) is 25.3 Å². The third-order valence-corrected chi connectivity index (χ3v) is 9.06. The largest absolute Gasteiger partial charge is 0.384 e. The van der Waals surface area contributed by atoms with Gasteiger partial charge in [-0.1, -0.05) is 58.8 Å². The van der Waals surface area contributed by atoms with E-state index in [1.165, 1.54) is 16.7 Å². The second kappa shape index (κ2) is 10.7. The van der Waals surface area contributed by atoms with Gasteiger partial charge < -0.3 is 10.2 Å². The Kier molecular flexibility index (Phi) is 7.17. The van der Waals surface area contributed by atoms with E-state index in [2.05, 4.69) is 0 Å². The molecule has 208 valence electrons. The van der Waals surface area contributed by atoms with Crippen LogP contribution in [-0.2, 0) is 0 Å². The number of nitro benzene ring substituents is 1. The Hall–Kier alpha value is -3.60. The number of aromatic nitrogens is 1. The highest BCUT2D eigenvalue weighted by Gasteiger charge is 2.49. The van der Waals surface area contributed by atoms with Gasteiger partial charge in [0.15, 0.2) is 4.80 Å². The number of hydrogen-bond donors (Lipinski definition) is 2. The van der Waals surface area contributed by atoms with Crippen molar-refractivity contribution < 1.29 is 15.1 Å². The standard InChI is InChI=1S/C30H23Cl2N3O5S/c31-20-9-5-18(6-10-20)25(36)23-2-1-15-30(38)26(23)33-29-34(27(30)19-7-11-21(32)12-8-19)28(37)24(41-29)16-17-3-13-22(14-4-17)35(39)40/h3-14,16,25,27,36,38H,1-2,15H2/b24-16+. The minimum absolute atomic E-state index is 0.0489. The van der Waals surface area contributed by atoms with Gasteiger partial charge in [0, 0.05) is 22.2 Å². The van der Waals surface area contributed by atoms with Crippen LogP contribution in [0.15, 0.2) is 93.9 Å². The Balaban J connectivity index is 1.59. The molecule has 41 heavy (non-hydrogen) atoms. The molecule has 6 rings (SSSR count). The maximum absolute atomic E-state index is 13.9. The molecule has 8 nitrogen and oxygen atoms in total. The molecule has 2 aliphatic rings. The lowest BCUT2D eigenvalue weighted by Crippen LogP contribution is -2.53. The summed E-state index contributed by atoms with van der Waals surface area (Å²) in [6.45, 7) is 0. The van der Waals surface area contributed by atoms with Gasteiger partial charge >= 0.3 is 0 Å². The molecule has 2 N–H and O–H groups in total. The zero-order chi connectivity index (χ0) is 28.9. The van der Waals surface area contributed by atoms with Crippen molar-refractivity contribution in [3.05, 3.63) is 141 Å². The number of nitrogens with zero attached hydrogens (tertiary/aromatic N) is 3. The highest BCUT2D eigenvalue weighted by Crippen LogP contribution is 2.48. The summed E-state index contributed by atoms with van der Waals surface area (Å²) in [5.74, 6) is 0. The van der Waals surface area contributed by atoms with Crippen molar-refractivity contribution in [2.24, 2.45) is 4.99 Å². The van der Waals surface area contributed by atoms with Crippen LogP contribution in [0.1, 0.15) is 48.1 Å². The molecule has 0 saturated heterocycles. The number of hydrogen-bond acceptors (Lipinski definition) is 7. The first-order chi connectivity index (χ1) is 19.7. The van der Waals surface area contributed by atoms with Gasteiger partial charge in [0.25, 0.3) is 11.2 Å². The zero-order valence-corrected chi connectivity index (χ0v) is 23.7. The summed E-state index contributed by atoms with van der Waals surface area (Å²) in [5, 5.41) is 35.9. The monoisotopic (exact) mass is 607 g/mol. The molecule has 3 atom stereocenters. The molecule has 1 aliphatic carbocycles. The topological polar surface area (TPSA) is 118 Å². The van der Waals surface area contributed by atoms with E-state index >= 15 is 0 Å². The van der Waals surface area contributed by atoms with Crippen molar-refractivity contribution in [2.45, 2.75) is 37.0 Å². The Morgan fingerprint density at radius 1 is 1.05 bits per heavy atom. The lowest BCUT2D eigenvalue weighted by molar-refractivity contribution is -0.384. The number of non-ortho nitro benzene ring substituents is 1. The first-order valence-electron chi connectivity index (χ1n) is 12.9. The smallest absolute Gasteiger partial charge is 0.270 e. The summed E-state index contributed by atoms with van der Waals surface area (Å²) in [5.41, 5.74) is 0.899. The number of nitro groups is 1. The lowest BCUT2D eigenvalue weighted by Gasteiger charge is -2.43. The van der Waals surface area contributed by atoms with Crippen LogP contribution >= 0.6 is 34.5 Å². The van der Waals surface area contributed by atoms with E-state index < -0.39 is 22.7 Å². The van der Waals surface area contributed by atoms with E-state index in [0.29, 0.717) is 66.6 Å². The summed E-state index contributed by atoms with van der Waals surface area (Å²) < 4.78 is 1.87. The predicted molar refractivity (Wildman–Crippen MR) is 158 cm³/mol. The number of benzene rings is 3. The Morgan fingerprint density at radius 2 is 1.68 bits per heavy atom. The maximum atomic E-state index is 13.9. The molecule has 0 spiro atoms. The van der Waals surface area contributed by atoms with Crippen molar-refractivity contribution in [1.82, 2.24) is 4.57 Å². The Bertz CT molecular complexity index is 1870. The van der Waals surface area contributed by atoms with E-state index in [-0.39, 0.29) is 11.2 Å². The maximum Gasteiger partial charge on any atom is 0.270 e. The number of thiazole rings is 1. The molecule has 0 fully saturated rings. The molecule has 0 radical (unpaired) electrons. The predicted octanol–water partition coefficient (Wildman–Crippen LogP) is 5.08. The molecule has 1 aromatic heterocycles. The fourth-order valence-corrected chi connectivity index (χ4v) is 6.88. The Morgan fingerprint density at radius 3 is 2.32 bits per heavy atom. The first kappa shape index (κ1) is 27.6. The summed E-state index contributed by atoms with van der Waals surface area (Å²) in [6, 6.07) is 19.0. The van der Waals surface area contributed by atoms with E-state index in [9.17, 15) is 25.1 Å². The fraction of sp³-hybridized carbons (Fsp3) is 0.200. The minimum Gasteiger partial charge on any atom is -0.384 e. The molecule has 3 unspecified atom stereocenters. The first-order valence-corrected chi connectivity index (χ1v) is 14.4. The van der Waals surface area contributed by atoms with Gasteiger partial charge in [0.05, 0.1) is 21.2 Å². The minimum atomic E-state index is -1.57. The third kappa shape index (κ3) is 4.94. The number of rotatable bonds is 5. The molecule has 0 saturated carbocycles. The normalized spacial score (nSPS) is 21.2. The van der Waals surface area contributed by atoms with Crippen LogP contribution in [0.25, 0.3) is 6.08 Å². The number of aliphatic hydroxyl groups is 2. The van der Waals surface area contributed by atoms with E-state index in [4.69, 9.17) is 28.2 Å². The summed E-state index contributed by atoms with van der Waals surface area (Å²) in [7, 11) is 0. The van der Waals surface area contributed by atoms with Gasteiger partial charge in [0.2, 0.25) is 0 Å². The second-order valence-corrected chi connectivity index (χ2v) is 12.0. The van der Waals surface area contributed by atoms with E-state index in [1.807, 2.05) is 0 Å². The average molecular weight is 609 g/mol. The highest BCUT2D eigenvalue weighted by molar-refractivity contribution is 7.07. The number of halogens is 2. The second-order valence-electron chi connectivity index (χ2n) is 10.1. The number of fused-ring (bicyclic) bond motifs is 2. The lowest BCUT2D eigenvalue weighted by atomic mass is 9.73. The number of aliphatic hydroxyl groups excluding tert-OH is 1. The molecule has 3 aromatic carbocycles. The molecule has 4 aromatic rings. The molecule has 2 heterocycles. The van der Waals surface area contributed by atoms with Crippen LogP contribution in [0.5, 0.6) is 0 Å². The Labute approximate surface area is 247 Å². The van der Waals surface area contributed by atoms with E-state index in [0.717, 1.165) is 11.3 Å². The van der Waals surface area contributed by atoms with Crippen molar-refractivity contribution in [3.8, 4) is 0 Å². The summed E-state index contributed by atoms with van der Waals surface area (Å²) >= 11 is 13.4. The van der Waals surface area contributed by atoms with Gasteiger partial charge in [-0.25, -0.2) is 4.99 Å². The molecule has 1 aliphatic heterocycles. The van der Waals surface area contributed by atoms with Crippen LogP contribution in [0.3, 0.4) is 0 Å². The van der Waals surface area contributed by atoms with Gasteiger partial charge in [-0.2, -0.15) is 0 Å². The average Bonchev–Trinajstić information content (AvgIpc) is 3.26. The zero-order valence-electron chi connectivity index (χ0n) is 21.4. The molecule has 0 amide bonds. The van der Waals surface area contributed by atoms with Crippen molar-refractivity contribution in [1.29, 1.82) is 0 Å². The summed E-state index contributed by atoms with van der Waals surface area (Å²) in [6.07, 6.45) is 2.07. The quantitative estimate of drug-likeness (QED) is 0.242. The van der Waals surface area contributed by atoms with Crippen molar-refractivity contribution in [3.63, 3.8) is 0 Å². The third-order valence-electron chi connectivity index (χ3n) is 7.58. The van der Waals surface area contributed by atoms with Crippen LogP contribution in [0.4, 0.5) is 5.69 Å². The van der Waals surface area contributed by atoms with Crippen LogP contribution < -0.4 is 14.9 Å². The van der Waals surface area contributed by atoms with Crippen molar-refractivity contribution in [2.75, 3.05) is 0 Å². The fourth-order valence-electron chi connectivity index (χ4n) is 5.63. The van der Waals surface area contributed by atoms with E-state index in [1.54, 1.807) is 66.7 Å². The molecule has 11 heteroatoms. The molecular formula is C30H23Cl2N3O5S. The van der Waals surface area contributed by atoms with Gasteiger partial charge in [-0.3, -0.25) is 19.5 Å². The van der Waals surface area contributed by atoms with Gasteiger partial charge in [-0.15, -0.1) is 0 Å². The van der Waals surface area contributed by atoms with Gasteiger partial charge in [-0.05, 0) is 84.0 Å². The molecular weight excluding hydrogens is 585 g/mol. The van der Waals surface area contributed by atoms with Crippen molar-refractivity contribution >= 4 is 46.3 Å². The van der Waals surface area contributed by atoms with Crippen LogP contribution in [0.2, 0.25) is 10.0 Å². The van der Waals surface area contributed by atoms with Gasteiger partial charge in [0.1, 0.15) is 11.7 Å². The highest BCUT2D eigenvalue weighted by atomic mass is 35.5. The summed E-state index contributed by atoms with van der Waals surface area (Å²) in [4.78, 5) is 29.7. The van der Waals surface area contributed by atoms with Crippen LogP contribution in [0, 0.1) is 10.1 Å². The molecule has 0 bridgehead atoms.